The summed E-state index contributed by atoms with van der Waals surface area (Å²) >= 11 is 0. The zero-order valence-electron chi connectivity index (χ0n) is 6.77. The molecule has 1 rings (SSSR count). The molecule has 4 heteroatoms. The summed E-state index contributed by atoms with van der Waals surface area (Å²) in [6.07, 6.45) is 10.0. The fourth-order valence-corrected chi connectivity index (χ4v) is 0.340. The molecule has 0 aromatic rings. The molecule has 0 amide bonds. The molecule has 0 aromatic heterocycles. The standard InChI is InChI=1S/C5H5.C2H7Si.2ClH.Zr/c1-2-4-5-3-1;1-3-2;;;/h1-3H,4H2;3H,1-2H3;2*1H;/q-1;;;;+3/p-2. The Morgan fingerprint density at radius 3 is 1.82 bits per heavy atom. The van der Waals surface area contributed by atoms with Gasteiger partial charge in [0.25, 0.3) is 0 Å². The van der Waals surface area contributed by atoms with E-state index in [1.165, 1.54) is 0 Å². The molecular weight excluding hydrogens is 274 g/mol. The van der Waals surface area contributed by atoms with Crippen molar-refractivity contribution < 1.29 is 51.0 Å². The summed E-state index contributed by atoms with van der Waals surface area (Å²) in [5.74, 6) is 0. The molecule has 0 saturated carbocycles. The Balaban J connectivity index is -0.0000000379. The number of halogens is 2. The summed E-state index contributed by atoms with van der Waals surface area (Å²) in [5.41, 5.74) is 0. The minimum absolute atomic E-state index is 0. The van der Waals surface area contributed by atoms with E-state index in [2.05, 4.69) is 25.2 Å². The second kappa shape index (κ2) is 22.5. The molecule has 1 aliphatic carbocycles. The van der Waals surface area contributed by atoms with Gasteiger partial charge in [-0.05, 0) is 0 Å². The molecule has 0 unspecified atom stereocenters. The van der Waals surface area contributed by atoms with E-state index in [1.807, 2.05) is 12.2 Å². The van der Waals surface area contributed by atoms with Crippen LogP contribution in [0.1, 0.15) is 6.42 Å². The fraction of sp³-hybridized carbons (Fsp3) is 0.429. The maximum Gasteiger partial charge on any atom is 3.00 e. The first-order valence-corrected chi connectivity index (χ1v) is 5.18. The quantitative estimate of drug-likeness (QED) is 0.313. The first kappa shape index (κ1) is 22.7. The van der Waals surface area contributed by atoms with Gasteiger partial charge in [0.05, 0.1) is 0 Å². The van der Waals surface area contributed by atoms with Crippen molar-refractivity contribution in [1.82, 2.24) is 0 Å². The molecular formula is C7H12Cl2SiZr. The zero-order chi connectivity index (χ0) is 6.24. The molecule has 0 fully saturated rings. The van der Waals surface area contributed by atoms with E-state index in [4.69, 9.17) is 0 Å². The summed E-state index contributed by atoms with van der Waals surface area (Å²) in [6.45, 7) is 4.42. The molecule has 0 spiro atoms. The SMILES string of the molecule is C[SiH]C.[C-]1=CC=CC1.[Cl-].[Cl-].[Zr+3]. The van der Waals surface area contributed by atoms with E-state index in [-0.39, 0.29) is 51.0 Å². The van der Waals surface area contributed by atoms with Crippen LogP contribution in [0.3, 0.4) is 0 Å². The Kier molecular flexibility index (Phi) is 46.5. The maximum atomic E-state index is 2.99. The van der Waals surface area contributed by atoms with Gasteiger partial charge in [-0.1, -0.05) is 13.1 Å². The predicted octanol–water partition coefficient (Wildman–Crippen LogP) is -4.17. The fourth-order valence-electron chi connectivity index (χ4n) is 0.340. The monoisotopic (exact) mass is 284 g/mol. The molecule has 0 N–H and O–H groups in total. The van der Waals surface area contributed by atoms with E-state index >= 15 is 0 Å². The van der Waals surface area contributed by atoms with Crippen LogP contribution in [0, 0.1) is 6.08 Å². The normalized spacial score (nSPS) is 9.64. The molecule has 0 aromatic carbocycles. The van der Waals surface area contributed by atoms with E-state index in [0.717, 1.165) is 15.9 Å². The Hall–Kier alpha value is 1.16. The van der Waals surface area contributed by atoms with Crippen LogP contribution in [0.2, 0.25) is 13.1 Å². The van der Waals surface area contributed by atoms with Crippen molar-refractivity contribution in [3.63, 3.8) is 0 Å². The van der Waals surface area contributed by atoms with Crippen molar-refractivity contribution in [2.75, 3.05) is 0 Å². The van der Waals surface area contributed by atoms with E-state index in [0.29, 0.717) is 0 Å². The smallest absolute Gasteiger partial charge is 1.00 e. The van der Waals surface area contributed by atoms with Gasteiger partial charge in [0.2, 0.25) is 0 Å². The van der Waals surface area contributed by atoms with Crippen LogP contribution in [0.4, 0.5) is 0 Å². The van der Waals surface area contributed by atoms with Crippen LogP contribution < -0.4 is 24.8 Å². The first-order valence-electron chi connectivity index (χ1n) is 2.87. The van der Waals surface area contributed by atoms with Gasteiger partial charge in [-0.2, -0.15) is 6.08 Å². The summed E-state index contributed by atoms with van der Waals surface area (Å²) in [4.78, 5) is 0. The van der Waals surface area contributed by atoms with Gasteiger partial charge in [0, 0.05) is 9.52 Å². The van der Waals surface area contributed by atoms with Crippen LogP contribution >= 0.6 is 0 Å². The van der Waals surface area contributed by atoms with Gasteiger partial charge < -0.3 is 24.8 Å². The number of allylic oxidation sites excluding steroid dienone is 4. The molecule has 62 valence electrons. The van der Waals surface area contributed by atoms with Crippen molar-refractivity contribution in [2.24, 2.45) is 0 Å². The van der Waals surface area contributed by atoms with Crippen molar-refractivity contribution in [1.29, 1.82) is 0 Å². The second-order valence-corrected chi connectivity index (χ2v) is 2.74. The van der Waals surface area contributed by atoms with Gasteiger partial charge in [0.1, 0.15) is 0 Å². The Bertz CT molecular complexity index is 84.4. The van der Waals surface area contributed by atoms with Crippen LogP contribution in [0.15, 0.2) is 18.2 Å². The predicted molar refractivity (Wildman–Crippen MR) is 40.4 cm³/mol. The summed E-state index contributed by atoms with van der Waals surface area (Å²) in [6, 6.07) is 0. The van der Waals surface area contributed by atoms with Crippen molar-refractivity contribution in [3.05, 3.63) is 24.3 Å². The van der Waals surface area contributed by atoms with Crippen LogP contribution in [-0.4, -0.2) is 9.52 Å². The first-order chi connectivity index (χ1) is 3.91. The Morgan fingerprint density at radius 2 is 1.73 bits per heavy atom. The molecule has 0 nitrogen and oxygen atoms in total. The molecule has 0 aliphatic heterocycles. The van der Waals surface area contributed by atoms with Gasteiger partial charge in [0.15, 0.2) is 0 Å². The number of rotatable bonds is 0. The van der Waals surface area contributed by atoms with Crippen molar-refractivity contribution >= 4 is 9.52 Å². The van der Waals surface area contributed by atoms with E-state index in [9.17, 15) is 0 Å². The van der Waals surface area contributed by atoms with Gasteiger partial charge >= 0.3 is 26.2 Å². The zero-order valence-corrected chi connectivity index (χ0v) is 11.9. The Morgan fingerprint density at radius 1 is 1.27 bits per heavy atom. The molecule has 11 heavy (non-hydrogen) atoms. The third kappa shape index (κ3) is 24.7. The molecule has 2 radical (unpaired) electrons. The van der Waals surface area contributed by atoms with E-state index < -0.39 is 0 Å². The summed E-state index contributed by atoms with van der Waals surface area (Å²) in [5, 5.41) is 0. The minimum atomic E-state index is 0. The minimum Gasteiger partial charge on any atom is -1.00 e. The maximum absolute atomic E-state index is 2.99. The topological polar surface area (TPSA) is 0 Å². The van der Waals surface area contributed by atoms with E-state index in [1.54, 1.807) is 0 Å². The molecule has 0 bridgehead atoms. The van der Waals surface area contributed by atoms with Crippen molar-refractivity contribution in [3.8, 4) is 0 Å². The average molecular weight is 286 g/mol. The van der Waals surface area contributed by atoms with Gasteiger partial charge in [-0.25, -0.2) is 12.2 Å². The molecule has 0 atom stereocenters. The van der Waals surface area contributed by atoms with Crippen LogP contribution in [0.5, 0.6) is 0 Å². The Labute approximate surface area is 104 Å². The molecule has 0 saturated heterocycles. The summed E-state index contributed by atoms with van der Waals surface area (Å²) < 4.78 is 0. The number of hydrogen-bond donors (Lipinski definition) is 0. The summed E-state index contributed by atoms with van der Waals surface area (Å²) in [7, 11) is 0.750. The van der Waals surface area contributed by atoms with Crippen LogP contribution in [0.25, 0.3) is 0 Å². The number of hydrogen-bond acceptors (Lipinski definition) is 0. The molecule has 1 aliphatic rings. The second-order valence-electron chi connectivity index (χ2n) is 1.58. The van der Waals surface area contributed by atoms with Crippen LogP contribution in [-0.2, 0) is 26.2 Å². The largest absolute Gasteiger partial charge is 3.00 e. The van der Waals surface area contributed by atoms with Gasteiger partial charge in [-0.3, -0.25) is 6.08 Å². The average Bonchev–Trinajstić information content (AvgIpc) is 2.17. The third-order valence-electron chi connectivity index (χ3n) is 0.586. The third-order valence-corrected chi connectivity index (χ3v) is 0.586. The van der Waals surface area contributed by atoms with Gasteiger partial charge in [-0.15, -0.1) is 6.42 Å². The van der Waals surface area contributed by atoms with Crippen molar-refractivity contribution in [2.45, 2.75) is 19.5 Å². The molecule has 0 heterocycles.